The molecule has 0 bridgehead atoms. The molecule has 0 atom stereocenters. The zero-order valence-electron chi connectivity index (χ0n) is 9.58. The Balaban J connectivity index is 2.56. The van der Waals surface area contributed by atoms with Gasteiger partial charge in [0.25, 0.3) is 9.76 Å². The standard InChI is InChI=1S/C12H18OSSi/c1-4-12(3,5-2)13-15-11-8-6-7-10(14)9-11/h6-9,14H,4-5H2,1-3H3. The van der Waals surface area contributed by atoms with Crippen LogP contribution in [0.5, 0.6) is 0 Å². The lowest BCUT2D eigenvalue weighted by atomic mass is 10.0. The van der Waals surface area contributed by atoms with E-state index in [1.54, 1.807) is 0 Å². The predicted molar refractivity (Wildman–Crippen MR) is 69.2 cm³/mol. The molecule has 3 heteroatoms. The van der Waals surface area contributed by atoms with Crippen molar-refractivity contribution >= 4 is 27.6 Å². The van der Waals surface area contributed by atoms with Gasteiger partial charge in [0, 0.05) is 4.90 Å². The van der Waals surface area contributed by atoms with Gasteiger partial charge in [-0.05, 0) is 37.1 Å². The Kier molecular flexibility index (Phi) is 4.89. The van der Waals surface area contributed by atoms with Crippen LogP contribution in [-0.4, -0.2) is 15.4 Å². The molecule has 0 amide bonds. The molecule has 0 N–H and O–H groups in total. The molecule has 1 aromatic rings. The van der Waals surface area contributed by atoms with Gasteiger partial charge in [0.2, 0.25) is 0 Å². The molecule has 0 spiro atoms. The lowest BCUT2D eigenvalue weighted by molar-refractivity contribution is 0.0882. The van der Waals surface area contributed by atoms with E-state index in [9.17, 15) is 0 Å². The minimum atomic E-state index is 0.0189. The molecule has 0 aliphatic carbocycles. The van der Waals surface area contributed by atoms with Crippen molar-refractivity contribution in [1.29, 1.82) is 0 Å². The van der Waals surface area contributed by atoms with E-state index in [1.165, 1.54) is 5.19 Å². The molecule has 0 heterocycles. The van der Waals surface area contributed by atoms with Crippen LogP contribution in [0.4, 0.5) is 0 Å². The molecular weight excluding hydrogens is 220 g/mol. The van der Waals surface area contributed by atoms with Crippen LogP contribution in [0.25, 0.3) is 0 Å². The molecule has 0 saturated carbocycles. The first-order chi connectivity index (χ1) is 7.09. The van der Waals surface area contributed by atoms with Gasteiger partial charge < -0.3 is 4.43 Å². The van der Waals surface area contributed by atoms with E-state index in [4.69, 9.17) is 4.43 Å². The molecular formula is C12H18OSSi. The average Bonchev–Trinajstić information content (AvgIpc) is 2.26. The van der Waals surface area contributed by atoms with E-state index >= 15 is 0 Å². The Morgan fingerprint density at radius 3 is 2.53 bits per heavy atom. The first-order valence-electron chi connectivity index (χ1n) is 5.32. The van der Waals surface area contributed by atoms with Crippen molar-refractivity contribution in [2.45, 2.75) is 44.1 Å². The Bertz CT molecular complexity index is 310. The van der Waals surface area contributed by atoms with Crippen molar-refractivity contribution in [2.24, 2.45) is 0 Å². The monoisotopic (exact) mass is 238 g/mol. The van der Waals surface area contributed by atoms with E-state index in [0.717, 1.165) is 17.7 Å². The summed E-state index contributed by atoms with van der Waals surface area (Å²) in [5.74, 6) is 0. The van der Waals surface area contributed by atoms with Crippen LogP contribution in [0, 0.1) is 0 Å². The summed E-state index contributed by atoms with van der Waals surface area (Å²) in [6, 6.07) is 8.15. The van der Waals surface area contributed by atoms with E-state index in [2.05, 4.69) is 45.5 Å². The summed E-state index contributed by atoms with van der Waals surface area (Å²) >= 11 is 4.31. The average molecular weight is 238 g/mol. The van der Waals surface area contributed by atoms with Gasteiger partial charge in [0.15, 0.2) is 0 Å². The van der Waals surface area contributed by atoms with Crippen LogP contribution >= 0.6 is 12.6 Å². The molecule has 0 aliphatic heterocycles. The van der Waals surface area contributed by atoms with E-state index in [-0.39, 0.29) is 5.60 Å². The summed E-state index contributed by atoms with van der Waals surface area (Å²) in [7, 11) is 0.417. The molecule has 82 valence electrons. The SMILES string of the molecule is CCC(C)(CC)O[Si]c1cccc(S)c1. The Morgan fingerprint density at radius 1 is 1.33 bits per heavy atom. The lowest BCUT2D eigenvalue weighted by Crippen LogP contribution is -2.33. The summed E-state index contributed by atoms with van der Waals surface area (Å²) in [6.07, 6.45) is 2.11. The fraction of sp³-hybridized carbons (Fsp3) is 0.500. The van der Waals surface area contributed by atoms with Gasteiger partial charge in [0.1, 0.15) is 0 Å². The molecule has 15 heavy (non-hydrogen) atoms. The van der Waals surface area contributed by atoms with Crippen LogP contribution in [0.3, 0.4) is 0 Å². The smallest absolute Gasteiger partial charge is 0.269 e. The highest BCUT2D eigenvalue weighted by atomic mass is 32.1. The second-order valence-electron chi connectivity index (χ2n) is 3.91. The van der Waals surface area contributed by atoms with Gasteiger partial charge in [-0.25, -0.2) is 0 Å². The van der Waals surface area contributed by atoms with Crippen molar-refractivity contribution in [3.63, 3.8) is 0 Å². The number of benzene rings is 1. The topological polar surface area (TPSA) is 9.23 Å². The number of thiol groups is 1. The second kappa shape index (κ2) is 5.73. The van der Waals surface area contributed by atoms with Crippen LogP contribution < -0.4 is 5.19 Å². The van der Waals surface area contributed by atoms with Gasteiger partial charge in [-0.1, -0.05) is 26.0 Å². The van der Waals surface area contributed by atoms with Crippen LogP contribution in [0.2, 0.25) is 0 Å². The van der Waals surface area contributed by atoms with Crippen molar-refractivity contribution in [2.75, 3.05) is 0 Å². The second-order valence-corrected chi connectivity index (χ2v) is 5.41. The Morgan fingerprint density at radius 2 is 2.00 bits per heavy atom. The third-order valence-electron chi connectivity index (χ3n) is 2.76. The highest BCUT2D eigenvalue weighted by Crippen LogP contribution is 2.18. The Hall–Kier alpha value is -0.253. The molecule has 0 aliphatic rings. The van der Waals surface area contributed by atoms with Crippen LogP contribution in [-0.2, 0) is 4.43 Å². The van der Waals surface area contributed by atoms with E-state index in [0.29, 0.717) is 9.76 Å². The maximum absolute atomic E-state index is 5.96. The summed E-state index contributed by atoms with van der Waals surface area (Å²) in [6.45, 7) is 6.51. The van der Waals surface area contributed by atoms with Crippen molar-refractivity contribution in [1.82, 2.24) is 0 Å². The van der Waals surface area contributed by atoms with Gasteiger partial charge in [-0.15, -0.1) is 12.6 Å². The number of hydrogen-bond acceptors (Lipinski definition) is 2. The van der Waals surface area contributed by atoms with Gasteiger partial charge in [-0.2, -0.15) is 0 Å². The molecule has 0 aromatic heterocycles. The largest absolute Gasteiger partial charge is 0.406 e. The normalized spacial score (nSPS) is 11.7. The molecule has 1 aromatic carbocycles. The maximum Gasteiger partial charge on any atom is 0.269 e. The third-order valence-corrected chi connectivity index (χ3v) is 4.18. The van der Waals surface area contributed by atoms with Gasteiger partial charge >= 0.3 is 0 Å². The maximum atomic E-state index is 5.96. The Labute approximate surface area is 101 Å². The van der Waals surface area contributed by atoms with Crippen LogP contribution in [0.15, 0.2) is 29.2 Å². The molecule has 0 unspecified atom stereocenters. The highest BCUT2D eigenvalue weighted by molar-refractivity contribution is 7.80. The first kappa shape index (κ1) is 12.8. The minimum Gasteiger partial charge on any atom is -0.406 e. The molecule has 1 rings (SSSR count). The van der Waals surface area contributed by atoms with Gasteiger partial charge in [-0.3, -0.25) is 0 Å². The summed E-state index contributed by atoms with van der Waals surface area (Å²) < 4.78 is 5.96. The zero-order valence-corrected chi connectivity index (χ0v) is 11.5. The zero-order chi connectivity index (χ0) is 11.3. The fourth-order valence-electron chi connectivity index (χ4n) is 1.15. The molecule has 0 fully saturated rings. The van der Waals surface area contributed by atoms with E-state index in [1.807, 2.05) is 12.1 Å². The predicted octanol–water partition coefficient (Wildman–Crippen LogP) is 2.82. The van der Waals surface area contributed by atoms with Crippen molar-refractivity contribution in [3.05, 3.63) is 24.3 Å². The lowest BCUT2D eigenvalue weighted by Gasteiger charge is -2.27. The molecule has 1 nitrogen and oxygen atoms in total. The van der Waals surface area contributed by atoms with Crippen molar-refractivity contribution in [3.8, 4) is 0 Å². The van der Waals surface area contributed by atoms with E-state index < -0.39 is 0 Å². The molecule has 2 radical (unpaired) electrons. The summed E-state index contributed by atoms with van der Waals surface area (Å²) in [5, 5.41) is 1.22. The highest BCUT2D eigenvalue weighted by Gasteiger charge is 2.20. The summed E-state index contributed by atoms with van der Waals surface area (Å²) in [4.78, 5) is 0.998. The quantitative estimate of drug-likeness (QED) is 0.613. The number of hydrogen-bond donors (Lipinski definition) is 1. The first-order valence-corrected chi connectivity index (χ1v) is 6.68. The van der Waals surface area contributed by atoms with Crippen molar-refractivity contribution < 1.29 is 4.43 Å². The van der Waals surface area contributed by atoms with Crippen LogP contribution in [0.1, 0.15) is 33.6 Å². The minimum absolute atomic E-state index is 0.0189. The summed E-state index contributed by atoms with van der Waals surface area (Å²) in [5.41, 5.74) is 0.0189. The number of rotatable bonds is 5. The third kappa shape index (κ3) is 4.01. The van der Waals surface area contributed by atoms with Gasteiger partial charge in [0.05, 0.1) is 5.60 Å². The fourth-order valence-corrected chi connectivity index (χ4v) is 2.52. The molecule has 0 saturated heterocycles.